The number of fused-ring (bicyclic) bond motifs is 1. The van der Waals surface area contributed by atoms with E-state index in [0.717, 1.165) is 50.6 Å². The summed E-state index contributed by atoms with van der Waals surface area (Å²) in [5.74, 6) is -0.767. The zero-order valence-electron chi connectivity index (χ0n) is 15.7. The minimum absolute atomic E-state index is 0.0131. The molecule has 1 fully saturated rings. The van der Waals surface area contributed by atoms with Gasteiger partial charge in [-0.15, -0.1) is 0 Å². The third kappa shape index (κ3) is 3.67. The van der Waals surface area contributed by atoms with Gasteiger partial charge in [-0.1, -0.05) is 31.0 Å². The minimum atomic E-state index is -3.64. The van der Waals surface area contributed by atoms with Gasteiger partial charge in [0.2, 0.25) is 10.0 Å². The molecule has 0 aliphatic heterocycles. The van der Waals surface area contributed by atoms with Gasteiger partial charge in [0.1, 0.15) is 5.82 Å². The third-order valence-corrected chi connectivity index (χ3v) is 7.71. The highest BCUT2D eigenvalue weighted by Gasteiger charge is 2.34. The van der Waals surface area contributed by atoms with Gasteiger partial charge in [-0.2, -0.15) is 9.40 Å². The fourth-order valence-electron chi connectivity index (χ4n) is 4.51. The van der Waals surface area contributed by atoms with Gasteiger partial charge in [-0.3, -0.25) is 4.68 Å². The van der Waals surface area contributed by atoms with Crippen molar-refractivity contribution in [1.29, 1.82) is 0 Å². The maximum Gasteiger partial charge on any atom is 0.219 e. The van der Waals surface area contributed by atoms with Gasteiger partial charge in [-0.05, 0) is 43.7 Å². The first-order valence-corrected chi connectivity index (χ1v) is 11.3. The van der Waals surface area contributed by atoms with Gasteiger partial charge in [0.25, 0.3) is 0 Å². The summed E-state index contributed by atoms with van der Waals surface area (Å²) in [6.45, 7) is 0.296. The first-order valence-electron chi connectivity index (χ1n) is 9.72. The summed E-state index contributed by atoms with van der Waals surface area (Å²) in [4.78, 5) is 0. The molecule has 1 heterocycles. The molecule has 2 aliphatic rings. The molecule has 1 saturated carbocycles. The predicted molar refractivity (Wildman–Crippen MR) is 102 cm³/mol. The predicted octanol–water partition coefficient (Wildman–Crippen LogP) is 3.32. The van der Waals surface area contributed by atoms with E-state index in [4.69, 9.17) is 0 Å². The van der Waals surface area contributed by atoms with E-state index in [2.05, 4.69) is 5.10 Å². The monoisotopic (exact) mass is 391 g/mol. The molecule has 27 heavy (non-hydrogen) atoms. The van der Waals surface area contributed by atoms with Gasteiger partial charge < -0.3 is 0 Å². The Morgan fingerprint density at radius 3 is 2.67 bits per heavy atom. The van der Waals surface area contributed by atoms with E-state index in [-0.39, 0.29) is 17.4 Å². The Hall–Kier alpha value is -1.73. The van der Waals surface area contributed by atoms with Gasteiger partial charge in [-0.25, -0.2) is 12.8 Å². The topological polar surface area (TPSA) is 55.2 Å². The summed E-state index contributed by atoms with van der Waals surface area (Å²) < 4.78 is 44.1. The zero-order chi connectivity index (χ0) is 19.0. The molecule has 0 N–H and O–H groups in total. The fraction of sp³-hybridized carbons (Fsp3) is 0.550. The summed E-state index contributed by atoms with van der Waals surface area (Å²) >= 11 is 0. The van der Waals surface area contributed by atoms with E-state index in [1.807, 2.05) is 11.7 Å². The standard InChI is InChI=1S/C20H26FN3O2S/c1-23-20-12-6-10-17(20)19(22-23)13-24(16-8-3-4-9-16)27(25,26)14-15-7-2-5-11-18(15)21/h2,5,7,11,16H,3-4,6,8-10,12-14H2,1H3. The second-order valence-corrected chi connectivity index (χ2v) is 9.60. The molecular weight excluding hydrogens is 365 g/mol. The zero-order valence-corrected chi connectivity index (χ0v) is 16.5. The van der Waals surface area contributed by atoms with Crippen LogP contribution >= 0.6 is 0 Å². The summed E-state index contributed by atoms with van der Waals surface area (Å²) in [6, 6.07) is 6.12. The molecule has 2 aliphatic carbocycles. The number of aromatic nitrogens is 2. The molecule has 4 rings (SSSR count). The van der Waals surface area contributed by atoms with Crippen LogP contribution in [0, 0.1) is 5.82 Å². The highest BCUT2D eigenvalue weighted by atomic mass is 32.2. The summed E-state index contributed by atoms with van der Waals surface area (Å²) in [5, 5.41) is 4.62. The molecule has 0 unspecified atom stereocenters. The van der Waals surface area contributed by atoms with Gasteiger partial charge in [0.15, 0.2) is 0 Å². The molecule has 0 amide bonds. The number of benzene rings is 1. The van der Waals surface area contributed by atoms with Crippen molar-refractivity contribution >= 4 is 10.0 Å². The molecule has 2 aromatic rings. The molecule has 1 aromatic heterocycles. The number of hydrogen-bond donors (Lipinski definition) is 0. The molecule has 146 valence electrons. The van der Waals surface area contributed by atoms with Gasteiger partial charge in [0.05, 0.1) is 18.0 Å². The highest BCUT2D eigenvalue weighted by molar-refractivity contribution is 7.88. The molecule has 0 bridgehead atoms. The lowest BCUT2D eigenvalue weighted by Gasteiger charge is -2.28. The molecule has 7 heteroatoms. The van der Waals surface area contributed by atoms with Crippen LogP contribution in [0.3, 0.4) is 0 Å². The van der Waals surface area contributed by atoms with Crippen molar-refractivity contribution < 1.29 is 12.8 Å². The first-order chi connectivity index (χ1) is 13.0. The van der Waals surface area contributed by atoms with Crippen molar-refractivity contribution in [3.05, 3.63) is 52.6 Å². The maximum atomic E-state index is 14.1. The van der Waals surface area contributed by atoms with Crippen LogP contribution in [0.25, 0.3) is 0 Å². The number of hydrogen-bond acceptors (Lipinski definition) is 3. The van der Waals surface area contributed by atoms with Crippen LogP contribution in [0.15, 0.2) is 24.3 Å². The van der Waals surface area contributed by atoms with E-state index < -0.39 is 15.8 Å². The number of sulfonamides is 1. The lowest BCUT2D eigenvalue weighted by Crippen LogP contribution is -2.39. The fourth-order valence-corrected chi connectivity index (χ4v) is 6.29. The van der Waals surface area contributed by atoms with Crippen molar-refractivity contribution in [3.8, 4) is 0 Å². The van der Waals surface area contributed by atoms with Crippen molar-refractivity contribution in [2.24, 2.45) is 7.05 Å². The number of nitrogens with zero attached hydrogens (tertiary/aromatic N) is 3. The first kappa shape index (κ1) is 18.6. The summed E-state index contributed by atoms with van der Waals surface area (Å²) in [6.07, 6.45) is 6.87. The lowest BCUT2D eigenvalue weighted by atomic mass is 10.2. The van der Waals surface area contributed by atoms with E-state index in [1.54, 1.807) is 22.5 Å². The molecule has 1 aromatic carbocycles. The van der Waals surface area contributed by atoms with Crippen molar-refractivity contribution in [2.75, 3.05) is 0 Å². The lowest BCUT2D eigenvalue weighted by molar-refractivity contribution is 0.311. The number of rotatable bonds is 6. The van der Waals surface area contributed by atoms with Crippen LogP contribution in [0.4, 0.5) is 4.39 Å². The van der Waals surface area contributed by atoms with Crippen LogP contribution in [-0.2, 0) is 42.2 Å². The molecule has 0 spiro atoms. The average molecular weight is 392 g/mol. The van der Waals surface area contributed by atoms with E-state index in [1.165, 1.54) is 17.3 Å². The SMILES string of the molecule is Cn1nc(CN(C2CCCC2)S(=O)(=O)Cc2ccccc2F)c2c1CCC2. The summed E-state index contributed by atoms with van der Waals surface area (Å²) in [7, 11) is -1.71. The van der Waals surface area contributed by atoms with Crippen LogP contribution in [0.2, 0.25) is 0 Å². The van der Waals surface area contributed by atoms with Gasteiger partial charge in [0, 0.05) is 24.3 Å². The van der Waals surface area contributed by atoms with Crippen LogP contribution in [-0.4, -0.2) is 28.5 Å². The highest BCUT2D eigenvalue weighted by Crippen LogP contribution is 2.31. The molecular formula is C20H26FN3O2S. The van der Waals surface area contributed by atoms with E-state index in [9.17, 15) is 12.8 Å². The second-order valence-electron chi connectivity index (χ2n) is 7.68. The Morgan fingerprint density at radius 2 is 1.93 bits per heavy atom. The maximum absolute atomic E-state index is 14.1. The van der Waals surface area contributed by atoms with E-state index >= 15 is 0 Å². The average Bonchev–Trinajstić information content (AvgIpc) is 3.35. The minimum Gasteiger partial charge on any atom is -0.272 e. The Balaban J connectivity index is 1.65. The van der Waals surface area contributed by atoms with Crippen molar-refractivity contribution in [2.45, 2.75) is 63.3 Å². The summed E-state index contributed by atoms with van der Waals surface area (Å²) in [5.41, 5.74) is 3.53. The smallest absolute Gasteiger partial charge is 0.219 e. The largest absolute Gasteiger partial charge is 0.272 e. The Kier molecular flexibility index (Phi) is 5.07. The molecule has 0 saturated heterocycles. The molecule has 0 atom stereocenters. The van der Waals surface area contributed by atoms with Crippen molar-refractivity contribution in [3.63, 3.8) is 0 Å². The third-order valence-electron chi connectivity index (χ3n) is 5.89. The van der Waals surface area contributed by atoms with Crippen LogP contribution in [0.1, 0.15) is 54.6 Å². The van der Waals surface area contributed by atoms with Crippen molar-refractivity contribution in [1.82, 2.24) is 14.1 Å². The van der Waals surface area contributed by atoms with E-state index in [0.29, 0.717) is 6.54 Å². The Morgan fingerprint density at radius 1 is 1.19 bits per heavy atom. The van der Waals surface area contributed by atoms with Gasteiger partial charge >= 0.3 is 0 Å². The Labute approximate surface area is 160 Å². The quantitative estimate of drug-likeness (QED) is 0.759. The van der Waals surface area contributed by atoms with Crippen LogP contribution < -0.4 is 0 Å². The van der Waals surface area contributed by atoms with Crippen LogP contribution in [0.5, 0.6) is 0 Å². The molecule has 5 nitrogen and oxygen atoms in total. The second kappa shape index (κ2) is 7.36. The number of halogens is 1. The molecule has 0 radical (unpaired) electrons. The normalized spacial score (nSPS) is 17.7. The number of aryl methyl sites for hydroxylation is 1. The Bertz CT molecular complexity index is 933.